The van der Waals surface area contributed by atoms with Gasteiger partial charge in [0.05, 0.1) is 0 Å². The minimum Gasteiger partial charge on any atom is -0.454 e. The zero-order valence-electron chi connectivity index (χ0n) is 9.19. The number of ether oxygens (including phenoxy) is 2. The normalized spacial score (nSPS) is 14.3. The molecule has 1 aromatic carbocycles. The van der Waals surface area contributed by atoms with Crippen molar-refractivity contribution in [1.29, 1.82) is 0 Å². The third-order valence-electron chi connectivity index (χ3n) is 2.56. The van der Waals surface area contributed by atoms with Gasteiger partial charge in [0.1, 0.15) is 0 Å². The second-order valence-corrected chi connectivity index (χ2v) is 4.11. The second-order valence-electron chi connectivity index (χ2n) is 3.70. The Kier molecular flexibility index (Phi) is 5.33. The van der Waals surface area contributed by atoms with Crippen LogP contribution >= 0.6 is 24.0 Å². The highest BCUT2D eigenvalue weighted by atomic mass is 35.5. The molecule has 2 rings (SSSR count). The van der Waals surface area contributed by atoms with Crippen molar-refractivity contribution >= 4 is 24.0 Å². The molecule has 1 aliphatic heterocycles. The monoisotopic (exact) mass is 279 g/mol. The van der Waals surface area contributed by atoms with E-state index < -0.39 is 0 Å². The van der Waals surface area contributed by atoms with Crippen LogP contribution in [-0.2, 0) is 0 Å². The zero-order chi connectivity index (χ0) is 11.5. The maximum absolute atomic E-state index is 8.75. The quantitative estimate of drug-likeness (QED) is 0.888. The van der Waals surface area contributed by atoms with Crippen LogP contribution in [-0.4, -0.2) is 18.5 Å². The number of halogens is 2. The van der Waals surface area contributed by atoms with Gasteiger partial charge in [-0.25, -0.2) is 0 Å². The number of hydrogen-bond donors (Lipinski definition) is 2. The summed E-state index contributed by atoms with van der Waals surface area (Å²) < 4.78 is 10.5. The van der Waals surface area contributed by atoms with Crippen molar-refractivity contribution in [2.24, 2.45) is 5.73 Å². The average Bonchev–Trinajstić information content (AvgIpc) is 2.71. The number of aliphatic hydroxyl groups is 1. The smallest absolute Gasteiger partial charge is 0.231 e. The Labute approximate surface area is 111 Å². The Bertz CT molecular complexity index is 387. The summed E-state index contributed by atoms with van der Waals surface area (Å²) in [5, 5.41) is 9.33. The molecule has 0 bridgehead atoms. The van der Waals surface area contributed by atoms with Crippen molar-refractivity contribution in [2.45, 2.75) is 18.9 Å². The van der Waals surface area contributed by atoms with E-state index in [2.05, 4.69) is 0 Å². The molecule has 4 nitrogen and oxygen atoms in total. The number of fused-ring (bicyclic) bond motifs is 1. The minimum atomic E-state index is -0.186. The number of aliphatic hydroxyl groups excluding tert-OH is 1. The van der Waals surface area contributed by atoms with Crippen LogP contribution in [0.5, 0.6) is 11.5 Å². The predicted molar refractivity (Wildman–Crippen MR) is 68.1 cm³/mol. The number of nitrogens with two attached hydrogens (primary N) is 1. The topological polar surface area (TPSA) is 64.7 Å². The van der Waals surface area contributed by atoms with Gasteiger partial charge in [0, 0.05) is 23.7 Å². The first-order valence-corrected chi connectivity index (χ1v) is 5.55. The highest BCUT2D eigenvalue weighted by molar-refractivity contribution is 6.31. The van der Waals surface area contributed by atoms with Gasteiger partial charge in [-0.1, -0.05) is 11.6 Å². The average molecular weight is 280 g/mol. The summed E-state index contributed by atoms with van der Waals surface area (Å²) in [6, 6.07) is 3.35. The van der Waals surface area contributed by atoms with Crippen LogP contribution < -0.4 is 15.2 Å². The van der Waals surface area contributed by atoms with Crippen LogP contribution in [0.4, 0.5) is 0 Å². The van der Waals surface area contributed by atoms with E-state index in [0.717, 1.165) is 5.56 Å². The molecule has 17 heavy (non-hydrogen) atoms. The summed E-state index contributed by atoms with van der Waals surface area (Å²) in [6.07, 6.45) is 1.35. The lowest BCUT2D eigenvalue weighted by molar-refractivity contribution is 0.174. The Hall–Kier alpha value is -0.680. The van der Waals surface area contributed by atoms with Crippen LogP contribution in [0.2, 0.25) is 5.02 Å². The molecule has 1 heterocycles. The van der Waals surface area contributed by atoms with E-state index in [9.17, 15) is 0 Å². The van der Waals surface area contributed by atoms with E-state index in [1.807, 2.05) is 6.07 Å². The maximum atomic E-state index is 8.75. The molecule has 96 valence electrons. The Balaban J connectivity index is 0.00000144. The van der Waals surface area contributed by atoms with Crippen molar-refractivity contribution in [1.82, 2.24) is 0 Å². The maximum Gasteiger partial charge on any atom is 0.231 e. The molecule has 1 aliphatic rings. The summed E-state index contributed by atoms with van der Waals surface area (Å²) in [4.78, 5) is 0. The molecule has 0 unspecified atom stereocenters. The van der Waals surface area contributed by atoms with Gasteiger partial charge in [-0.3, -0.25) is 0 Å². The van der Waals surface area contributed by atoms with Crippen molar-refractivity contribution in [3.05, 3.63) is 22.7 Å². The molecule has 0 amide bonds. The molecule has 1 aromatic rings. The van der Waals surface area contributed by atoms with E-state index in [0.29, 0.717) is 29.4 Å². The molecule has 0 saturated carbocycles. The van der Waals surface area contributed by atoms with Crippen LogP contribution in [0.1, 0.15) is 24.4 Å². The third-order valence-corrected chi connectivity index (χ3v) is 2.89. The molecule has 0 aromatic heterocycles. The molecular formula is C11H15Cl2NO3. The second kappa shape index (κ2) is 6.31. The first kappa shape index (κ1) is 14.4. The highest BCUT2D eigenvalue weighted by Gasteiger charge is 2.19. The van der Waals surface area contributed by atoms with Gasteiger partial charge in [0.15, 0.2) is 11.5 Å². The van der Waals surface area contributed by atoms with Crippen LogP contribution in [0, 0.1) is 0 Å². The Morgan fingerprint density at radius 2 is 2.00 bits per heavy atom. The van der Waals surface area contributed by atoms with Crippen molar-refractivity contribution < 1.29 is 14.6 Å². The van der Waals surface area contributed by atoms with Crippen LogP contribution in [0.15, 0.2) is 12.1 Å². The van der Waals surface area contributed by atoms with E-state index in [1.54, 1.807) is 6.07 Å². The van der Waals surface area contributed by atoms with Crippen LogP contribution in [0.3, 0.4) is 0 Å². The fourth-order valence-electron chi connectivity index (χ4n) is 1.68. The van der Waals surface area contributed by atoms with Gasteiger partial charge in [0.2, 0.25) is 6.79 Å². The third kappa shape index (κ3) is 3.16. The molecule has 6 heteroatoms. The molecule has 0 spiro atoms. The molecular weight excluding hydrogens is 265 g/mol. The summed E-state index contributed by atoms with van der Waals surface area (Å²) >= 11 is 6.10. The lowest BCUT2D eigenvalue weighted by Crippen LogP contribution is -2.11. The Morgan fingerprint density at radius 3 is 2.65 bits per heavy atom. The summed E-state index contributed by atoms with van der Waals surface area (Å²) in [5.74, 6) is 1.34. The SMILES string of the molecule is Cl.N[C@@H](CCCO)c1cc2c(cc1Cl)OCO2. The van der Waals surface area contributed by atoms with Gasteiger partial charge in [-0.2, -0.15) is 0 Å². The van der Waals surface area contributed by atoms with E-state index in [-0.39, 0.29) is 31.8 Å². The largest absolute Gasteiger partial charge is 0.454 e. The molecule has 0 saturated heterocycles. The molecule has 1 atom stereocenters. The summed E-state index contributed by atoms with van der Waals surface area (Å²) in [5.41, 5.74) is 6.82. The van der Waals surface area contributed by atoms with Gasteiger partial charge < -0.3 is 20.3 Å². The van der Waals surface area contributed by atoms with Gasteiger partial charge in [0.25, 0.3) is 0 Å². The lowest BCUT2D eigenvalue weighted by Gasteiger charge is -2.13. The minimum absolute atomic E-state index is 0. The standard InChI is InChI=1S/C11H14ClNO3.ClH/c12-8-5-11-10(15-6-16-11)4-7(8)9(13)2-1-3-14;/h4-5,9,14H,1-3,6,13H2;1H/t9-;/m0./s1. The number of benzene rings is 1. The van der Waals surface area contributed by atoms with Gasteiger partial charge in [-0.15, -0.1) is 12.4 Å². The molecule has 0 aliphatic carbocycles. The van der Waals surface area contributed by atoms with Crippen molar-refractivity contribution in [3.63, 3.8) is 0 Å². The fraction of sp³-hybridized carbons (Fsp3) is 0.455. The first-order chi connectivity index (χ1) is 7.72. The fourth-order valence-corrected chi connectivity index (χ4v) is 1.98. The summed E-state index contributed by atoms with van der Waals surface area (Å²) in [7, 11) is 0. The van der Waals surface area contributed by atoms with Crippen molar-refractivity contribution in [2.75, 3.05) is 13.4 Å². The first-order valence-electron chi connectivity index (χ1n) is 5.18. The lowest BCUT2D eigenvalue weighted by atomic mass is 10.0. The Morgan fingerprint density at radius 1 is 1.35 bits per heavy atom. The highest BCUT2D eigenvalue weighted by Crippen LogP contribution is 2.39. The number of rotatable bonds is 4. The molecule has 0 fully saturated rings. The molecule has 0 radical (unpaired) electrons. The number of hydrogen-bond acceptors (Lipinski definition) is 4. The van der Waals surface area contributed by atoms with Gasteiger partial charge >= 0.3 is 0 Å². The van der Waals surface area contributed by atoms with E-state index >= 15 is 0 Å². The van der Waals surface area contributed by atoms with Crippen molar-refractivity contribution in [3.8, 4) is 11.5 Å². The predicted octanol–water partition coefficient (Wildman–Crippen LogP) is 2.26. The van der Waals surface area contributed by atoms with Crippen LogP contribution in [0.25, 0.3) is 0 Å². The van der Waals surface area contributed by atoms with E-state index in [1.165, 1.54) is 0 Å². The zero-order valence-corrected chi connectivity index (χ0v) is 10.8. The van der Waals surface area contributed by atoms with Gasteiger partial charge in [-0.05, 0) is 24.5 Å². The summed E-state index contributed by atoms with van der Waals surface area (Å²) in [6.45, 7) is 0.358. The van der Waals surface area contributed by atoms with E-state index in [4.69, 9.17) is 31.9 Å². The molecule has 3 N–H and O–H groups in total.